The maximum Gasteiger partial charge on any atom is 0.166 e. The van der Waals surface area contributed by atoms with E-state index < -0.39 is 5.92 Å². The third-order valence-corrected chi connectivity index (χ3v) is 4.76. The summed E-state index contributed by atoms with van der Waals surface area (Å²) in [4.78, 5) is 35.0. The number of Topliss-reactive ketones (excluding diaryl/α,β-unsaturated/α-hetero) is 1. The van der Waals surface area contributed by atoms with Gasteiger partial charge in [0, 0.05) is 19.4 Å². The second-order valence-corrected chi connectivity index (χ2v) is 8.43. The molecule has 2 rings (SSSR count). The molecule has 0 heterocycles. The zero-order valence-electron chi connectivity index (χ0n) is 16.6. The number of ether oxygens (including phenoxy) is 1. The van der Waals surface area contributed by atoms with Crippen molar-refractivity contribution in [3.63, 3.8) is 0 Å². The molecule has 0 aromatic heterocycles. The number of aryl methyl sites for hydroxylation is 1. The predicted octanol–water partition coefficient (Wildman–Crippen LogP) is 3.90. The molecular weight excluding hydrogens is 340 g/mol. The smallest absolute Gasteiger partial charge is 0.166 e. The quantitative estimate of drug-likeness (QED) is 0.463. The lowest BCUT2D eigenvalue weighted by molar-refractivity contribution is -0.127. The van der Waals surface area contributed by atoms with E-state index in [1.54, 1.807) is 0 Å². The van der Waals surface area contributed by atoms with Gasteiger partial charge in [-0.2, -0.15) is 0 Å². The molecule has 0 fully saturated rings. The minimum atomic E-state index is -0.586. The summed E-state index contributed by atoms with van der Waals surface area (Å²) < 4.78 is 5.43. The number of allylic oxidation sites excluding steroid dienone is 2. The molecule has 1 aromatic rings. The Morgan fingerprint density at radius 3 is 2.15 bits per heavy atom. The second kappa shape index (κ2) is 9.75. The Bertz CT molecular complexity index is 674. The van der Waals surface area contributed by atoms with Crippen molar-refractivity contribution in [3.8, 4) is 0 Å². The Balaban J connectivity index is 1.62. The van der Waals surface area contributed by atoms with Crippen LogP contribution >= 0.6 is 0 Å². The summed E-state index contributed by atoms with van der Waals surface area (Å²) >= 11 is 0. The van der Waals surface area contributed by atoms with Gasteiger partial charge in [0.15, 0.2) is 11.6 Å². The maximum absolute atomic E-state index is 12.1. The van der Waals surface area contributed by atoms with E-state index in [9.17, 15) is 14.4 Å². The van der Waals surface area contributed by atoms with Gasteiger partial charge < -0.3 is 4.74 Å². The summed E-state index contributed by atoms with van der Waals surface area (Å²) in [6, 6.07) is 8.27. The minimum absolute atomic E-state index is 0.132. The number of rotatable bonds is 10. The van der Waals surface area contributed by atoms with Gasteiger partial charge in [0.2, 0.25) is 0 Å². The molecular formula is C23H30O4. The van der Waals surface area contributed by atoms with Crippen molar-refractivity contribution >= 4 is 17.3 Å². The molecule has 27 heavy (non-hydrogen) atoms. The van der Waals surface area contributed by atoms with Crippen LogP contribution in [0.4, 0.5) is 0 Å². The summed E-state index contributed by atoms with van der Waals surface area (Å²) in [5.74, 6) is -0.749. The Morgan fingerprint density at radius 1 is 0.963 bits per heavy atom. The lowest BCUT2D eigenvalue weighted by atomic mass is 9.88. The van der Waals surface area contributed by atoms with Crippen LogP contribution < -0.4 is 0 Å². The van der Waals surface area contributed by atoms with Gasteiger partial charge in [-0.1, -0.05) is 45.0 Å². The highest BCUT2D eigenvalue weighted by atomic mass is 16.5. The highest BCUT2D eigenvalue weighted by Crippen LogP contribution is 2.21. The van der Waals surface area contributed by atoms with E-state index in [1.165, 1.54) is 17.7 Å². The fourth-order valence-electron chi connectivity index (χ4n) is 2.97. The lowest BCUT2D eigenvalue weighted by Gasteiger charge is -2.17. The third kappa shape index (κ3) is 7.59. The van der Waals surface area contributed by atoms with Crippen LogP contribution in [-0.4, -0.2) is 30.6 Å². The van der Waals surface area contributed by atoms with Gasteiger partial charge in [-0.15, -0.1) is 0 Å². The van der Waals surface area contributed by atoms with Crippen LogP contribution in [0.2, 0.25) is 0 Å². The Labute approximate surface area is 162 Å². The van der Waals surface area contributed by atoms with E-state index in [-0.39, 0.29) is 17.3 Å². The van der Waals surface area contributed by atoms with E-state index in [0.29, 0.717) is 37.9 Å². The number of benzene rings is 1. The van der Waals surface area contributed by atoms with E-state index in [4.69, 9.17) is 4.74 Å². The highest BCUT2D eigenvalue weighted by molar-refractivity contribution is 6.18. The summed E-state index contributed by atoms with van der Waals surface area (Å²) in [6.07, 6.45) is 5.97. The van der Waals surface area contributed by atoms with Crippen LogP contribution in [0.5, 0.6) is 0 Å². The minimum Gasteiger partial charge on any atom is -0.381 e. The molecule has 0 unspecified atom stereocenters. The van der Waals surface area contributed by atoms with Crippen LogP contribution in [0.15, 0.2) is 36.4 Å². The van der Waals surface area contributed by atoms with Crippen LogP contribution in [0.3, 0.4) is 0 Å². The molecule has 0 bridgehead atoms. The Morgan fingerprint density at radius 2 is 1.56 bits per heavy atom. The predicted molar refractivity (Wildman–Crippen MR) is 106 cm³/mol. The number of carbonyl (C=O) groups excluding carboxylic acids is 3. The Kier molecular flexibility index (Phi) is 7.66. The molecule has 0 amide bonds. The van der Waals surface area contributed by atoms with Crippen molar-refractivity contribution in [3.05, 3.63) is 47.5 Å². The SMILES string of the molecule is CC(C)(C)CCc1ccc(CC(=O)CCOCCC2C(=O)C=CC2=O)cc1. The first-order chi connectivity index (χ1) is 12.7. The summed E-state index contributed by atoms with van der Waals surface area (Å²) in [7, 11) is 0. The van der Waals surface area contributed by atoms with Crippen molar-refractivity contribution < 1.29 is 19.1 Å². The molecule has 146 valence electrons. The van der Waals surface area contributed by atoms with Crippen molar-refractivity contribution in [2.75, 3.05) is 13.2 Å². The van der Waals surface area contributed by atoms with Crippen molar-refractivity contribution in [1.82, 2.24) is 0 Å². The molecule has 0 spiro atoms. The molecule has 0 saturated heterocycles. The van der Waals surface area contributed by atoms with Gasteiger partial charge in [-0.05, 0) is 48.0 Å². The average molecular weight is 370 g/mol. The standard InChI is InChI=1S/C23H30O4/c1-23(2,3)13-10-17-4-6-18(7-5-17)16-19(24)11-14-27-15-12-20-21(25)8-9-22(20)26/h4-9,20H,10-16H2,1-3H3. The van der Waals surface area contributed by atoms with Crippen LogP contribution in [0, 0.1) is 11.3 Å². The molecule has 1 aliphatic carbocycles. The second-order valence-electron chi connectivity index (χ2n) is 8.43. The van der Waals surface area contributed by atoms with E-state index in [0.717, 1.165) is 18.4 Å². The fraction of sp³-hybridized carbons (Fsp3) is 0.522. The first kappa shape index (κ1) is 21.2. The molecule has 0 radical (unpaired) electrons. The van der Waals surface area contributed by atoms with Crippen molar-refractivity contribution in [2.45, 2.75) is 52.9 Å². The third-order valence-electron chi connectivity index (χ3n) is 4.76. The number of ketones is 3. The molecule has 4 nitrogen and oxygen atoms in total. The van der Waals surface area contributed by atoms with Gasteiger partial charge in [0.05, 0.1) is 12.5 Å². The van der Waals surface area contributed by atoms with E-state index in [1.807, 2.05) is 12.1 Å². The molecule has 1 aliphatic rings. The van der Waals surface area contributed by atoms with Gasteiger partial charge in [0.25, 0.3) is 0 Å². The van der Waals surface area contributed by atoms with Crippen LogP contribution in [-0.2, 0) is 32.0 Å². The number of carbonyl (C=O) groups is 3. The van der Waals surface area contributed by atoms with Gasteiger partial charge in [0.1, 0.15) is 5.78 Å². The largest absolute Gasteiger partial charge is 0.381 e. The molecule has 0 aliphatic heterocycles. The Hall–Kier alpha value is -2.07. The summed E-state index contributed by atoms with van der Waals surface area (Å²) in [5.41, 5.74) is 2.64. The van der Waals surface area contributed by atoms with E-state index in [2.05, 4.69) is 32.9 Å². The first-order valence-electron chi connectivity index (χ1n) is 9.68. The van der Waals surface area contributed by atoms with Gasteiger partial charge in [-0.3, -0.25) is 14.4 Å². The first-order valence-corrected chi connectivity index (χ1v) is 9.68. The molecule has 4 heteroatoms. The monoisotopic (exact) mass is 370 g/mol. The topological polar surface area (TPSA) is 60.4 Å². The zero-order valence-corrected chi connectivity index (χ0v) is 16.6. The van der Waals surface area contributed by atoms with Crippen molar-refractivity contribution in [1.29, 1.82) is 0 Å². The van der Waals surface area contributed by atoms with Crippen molar-refractivity contribution in [2.24, 2.45) is 11.3 Å². The molecule has 0 atom stereocenters. The maximum atomic E-state index is 12.1. The summed E-state index contributed by atoms with van der Waals surface area (Å²) in [5, 5.41) is 0. The molecule has 0 N–H and O–H groups in total. The normalized spacial score (nSPS) is 14.9. The lowest BCUT2D eigenvalue weighted by Crippen LogP contribution is -2.18. The van der Waals surface area contributed by atoms with Gasteiger partial charge >= 0.3 is 0 Å². The number of hydrogen-bond donors (Lipinski definition) is 0. The fourth-order valence-corrected chi connectivity index (χ4v) is 2.97. The van der Waals surface area contributed by atoms with Gasteiger partial charge in [-0.25, -0.2) is 0 Å². The summed E-state index contributed by atoms with van der Waals surface area (Å²) in [6.45, 7) is 7.36. The average Bonchev–Trinajstić information content (AvgIpc) is 2.92. The highest BCUT2D eigenvalue weighted by Gasteiger charge is 2.27. The molecule has 1 aromatic carbocycles. The van der Waals surface area contributed by atoms with Crippen LogP contribution in [0.1, 0.15) is 51.2 Å². The van der Waals surface area contributed by atoms with Crippen LogP contribution in [0.25, 0.3) is 0 Å². The van der Waals surface area contributed by atoms with E-state index >= 15 is 0 Å². The number of hydrogen-bond acceptors (Lipinski definition) is 4. The molecule has 0 saturated carbocycles. The zero-order chi connectivity index (χ0) is 19.9.